The highest BCUT2D eigenvalue weighted by Crippen LogP contribution is 2.16. The average Bonchev–Trinajstić information content (AvgIpc) is 2.39. The van der Waals surface area contributed by atoms with Gasteiger partial charge in [-0.1, -0.05) is 36.9 Å². The van der Waals surface area contributed by atoms with Gasteiger partial charge >= 0.3 is 0 Å². The highest BCUT2D eigenvalue weighted by molar-refractivity contribution is 6.28. The molecule has 0 spiro atoms. The third kappa shape index (κ3) is 2.06. The average molecular weight is 209 g/mol. The summed E-state index contributed by atoms with van der Waals surface area (Å²) in [5.41, 5.74) is 1.90. The number of ketones is 1. The highest BCUT2D eigenvalue weighted by atomic mass is 16.1. The fourth-order valence-corrected chi connectivity index (χ4v) is 1.44. The van der Waals surface area contributed by atoms with Crippen molar-refractivity contribution in [2.24, 2.45) is 0 Å². The molecule has 0 atom stereocenters. The summed E-state index contributed by atoms with van der Waals surface area (Å²) in [7, 11) is 0. The van der Waals surface area contributed by atoms with E-state index in [-0.39, 0.29) is 5.78 Å². The minimum absolute atomic E-state index is 0.0840. The smallest absolute Gasteiger partial charge is 0.194 e. The van der Waals surface area contributed by atoms with Crippen LogP contribution in [0.5, 0.6) is 0 Å². The number of nitrogens with zero attached hydrogens (tertiary/aromatic N) is 1. The van der Waals surface area contributed by atoms with Crippen LogP contribution in [0.3, 0.4) is 0 Å². The summed E-state index contributed by atoms with van der Waals surface area (Å²) in [6.45, 7) is 3.82. The first-order valence-electron chi connectivity index (χ1n) is 4.98. The Bertz CT molecular complexity index is 453. The van der Waals surface area contributed by atoms with Gasteiger partial charge in [0.25, 0.3) is 0 Å². The molecule has 2 rings (SSSR count). The lowest BCUT2D eigenvalue weighted by Gasteiger charge is -2.04. The zero-order valence-electron chi connectivity index (χ0n) is 8.76. The summed E-state index contributed by atoms with van der Waals surface area (Å²) in [6.07, 6.45) is 3.19. The maximum absolute atomic E-state index is 12.0. The number of hydrogen-bond acceptors (Lipinski definition) is 2. The second kappa shape index (κ2) is 4.53. The molecular formula is C14H11NO. The first-order chi connectivity index (χ1) is 7.79. The van der Waals surface area contributed by atoms with E-state index in [0.29, 0.717) is 11.1 Å². The van der Waals surface area contributed by atoms with Gasteiger partial charge in [0.05, 0.1) is 0 Å². The van der Waals surface area contributed by atoms with Gasteiger partial charge in [-0.3, -0.25) is 9.78 Å². The van der Waals surface area contributed by atoms with Crippen LogP contribution in [0.4, 0.5) is 0 Å². The van der Waals surface area contributed by atoms with Crippen molar-refractivity contribution in [2.45, 2.75) is 0 Å². The number of carbonyl (C=O) groups excluding carboxylic acids is 1. The Labute approximate surface area is 94.3 Å². The lowest BCUT2D eigenvalue weighted by molar-refractivity contribution is 0.105. The summed E-state index contributed by atoms with van der Waals surface area (Å²) in [4.78, 5) is 15.9. The molecule has 1 heterocycles. The quantitative estimate of drug-likeness (QED) is 0.574. The number of hydrogen-bond donors (Lipinski definition) is 0. The number of allylic oxidation sites excluding steroid dienone is 1. The number of aromatic nitrogens is 1. The number of Topliss-reactive ketones (excluding diaryl/α,β-unsaturated/α-hetero) is 1. The number of carbonyl (C=O) groups is 1. The zero-order chi connectivity index (χ0) is 11.4. The Hall–Kier alpha value is -2.22. The van der Waals surface area contributed by atoms with Crippen molar-refractivity contribution in [3.05, 3.63) is 72.6 Å². The molecule has 0 saturated carbocycles. The lowest BCUT2D eigenvalue weighted by Crippen LogP contribution is -2.01. The fraction of sp³-hybridized carbons (Fsp3) is 0. The number of rotatable bonds is 3. The van der Waals surface area contributed by atoms with Gasteiger partial charge in [0.1, 0.15) is 0 Å². The minimum atomic E-state index is -0.0840. The summed E-state index contributed by atoms with van der Waals surface area (Å²) >= 11 is 0. The fourth-order valence-electron chi connectivity index (χ4n) is 1.44. The van der Waals surface area contributed by atoms with E-state index in [1.807, 2.05) is 30.3 Å². The third-order valence-corrected chi connectivity index (χ3v) is 2.32. The first kappa shape index (κ1) is 10.3. The van der Waals surface area contributed by atoms with Crippen LogP contribution in [0.2, 0.25) is 0 Å². The topological polar surface area (TPSA) is 30.0 Å². The molecule has 78 valence electrons. The first-order valence-corrected chi connectivity index (χ1v) is 4.98. The maximum atomic E-state index is 12.0. The second-order valence-electron chi connectivity index (χ2n) is 3.42. The van der Waals surface area contributed by atoms with E-state index >= 15 is 0 Å². The van der Waals surface area contributed by atoms with E-state index in [1.54, 1.807) is 24.5 Å². The third-order valence-electron chi connectivity index (χ3n) is 2.32. The van der Waals surface area contributed by atoms with Crippen molar-refractivity contribution >= 4 is 11.4 Å². The van der Waals surface area contributed by atoms with Gasteiger partial charge in [-0.05, 0) is 17.7 Å². The monoisotopic (exact) mass is 209 g/mol. The highest BCUT2D eigenvalue weighted by Gasteiger charge is 2.11. The lowest BCUT2D eigenvalue weighted by atomic mass is 9.99. The molecule has 2 heteroatoms. The molecule has 2 nitrogen and oxygen atoms in total. The zero-order valence-corrected chi connectivity index (χ0v) is 8.76. The van der Waals surface area contributed by atoms with Crippen molar-refractivity contribution in [2.75, 3.05) is 0 Å². The Morgan fingerprint density at radius 1 is 1.00 bits per heavy atom. The SMILES string of the molecule is C=C(C(=O)c1cccnc1)c1ccccc1. The van der Waals surface area contributed by atoms with Crippen LogP contribution in [0.25, 0.3) is 5.57 Å². The largest absolute Gasteiger partial charge is 0.289 e. The van der Waals surface area contributed by atoms with Crippen LogP contribution in [0, 0.1) is 0 Å². The van der Waals surface area contributed by atoms with Gasteiger partial charge in [-0.2, -0.15) is 0 Å². The van der Waals surface area contributed by atoms with Crippen LogP contribution in [0.1, 0.15) is 15.9 Å². The Balaban J connectivity index is 2.28. The van der Waals surface area contributed by atoms with Crippen molar-refractivity contribution in [3.63, 3.8) is 0 Å². The van der Waals surface area contributed by atoms with Crippen LogP contribution in [-0.2, 0) is 0 Å². The molecule has 0 radical (unpaired) electrons. The summed E-state index contributed by atoms with van der Waals surface area (Å²) in [5, 5.41) is 0. The Morgan fingerprint density at radius 2 is 1.69 bits per heavy atom. The molecule has 0 aliphatic heterocycles. The van der Waals surface area contributed by atoms with Crippen molar-refractivity contribution in [1.82, 2.24) is 4.98 Å². The van der Waals surface area contributed by atoms with E-state index in [9.17, 15) is 4.79 Å². The maximum Gasteiger partial charge on any atom is 0.194 e. The Morgan fingerprint density at radius 3 is 2.31 bits per heavy atom. The summed E-state index contributed by atoms with van der Waals surface area (Å²) in [5.74, 6) is -0.0840. The molecule has 0 unspecified atom stereocenters. The second-order valence-corrected chi connectivity index (χ2v) is 3.42. The molecule has 2 aromatic rings. The standard InChI is InChI=1S/C14H11NO/c1-11(12-6-3-2-4-7-12)14(16)13-8-5-9-15-10-13/h2-10H,1H2. The molecular weight excluding hydrogens is 198 g/mol. The van der Waals surface area contributed by atoms with Gasteiger partial charge in [-0.25, -0.2) is 0 Å². The molecule has 0 bridgehead atoms. The predicted molar refractivity (Wildman–Crippen MR) is 64.0 cm³/mol. The van der Waals surface area contributed by atoms with Gasteiger partial charge in [0.15, 0.2) is 5.78 Å². The molecule has 0 aliphatic carbocycles. The van der Waals surface area contributed by atoms with Gasteiger partial charge in [0.2, 0.25) is 0 Å². The van der Waals surface area contributed by atoms with Crippen molar-refractivity contribution < 1.29 is 4.79 Å². The summed E-state index contributed by atoms with van der Waals surface area (Å²) < 4.78 is 0. The number of pyridine rings is 1. The molecule has 0 fully saturated rings. The molecule has 1 aromatic heterocycles. The van der Waals surface area contributed by atoms with Crippen LogP contribution >= 0.6 is 0 Å². The molecule has 0 N–H and O–H groups in total. The van der Waals surface area contributed by atoms with Gasteiger partial charge in [-0.15, -0.1) is 0 Å². The molecule has 1 aromatic carbocycles. The summed E-state index contributed by atoms with van der Waals surface area (Å²) in [6, 6.07) is 12.9. The van der Waals surface area contributed by atoms with E-state index < -0.39 is 0 Å². The van der Waals surface area contributed by atoms with Gasteiger partial charge in [0, 0.05) is 23.5 Å². The van der Waals surface area contributed by atoms with Gasteiger partial charge < -0.3 is 0 Å². The van der Waals surface area contributed by atoms with E-state index in [0.717, 1.165) is 5.56 Å². The Kier molecular flexibility index (Phi) is 2.92. The predicted octanol–water partition coefficient (Wildman–Crippen LogP) is 2.98. The van der Waals surface area contributed by atoms with E-state index in [4.69, 9.17) is 0 Å². The van der Waals surface area contributed by atoms with E-state index in [1.165, 1.54) is 0 Å². The number of benzene rings is 1. The molecule has 0 saturated heterocycles. The normalized spacial score (nSPS) is 9.75. The molecule has 0 amide bonds. The van der Waals surface area contributed by atoms with Crippen LogP contribution < -0.4 is 0 Å². The van der Waals surface area contributed by atoms with Crippen molar-refractivity contribution in [3.8, 4) is 0 Å². The molecule has 0 aliphatic rings. The minimum Gasteiger partial charge on any atom is -0.289 e. The van der Waals surface area contributed by atoms with Crippen LogP contribution in [0.15, 0.2) is 61.4 Å². The molecule has 16 heavy (non-hydrogen) atoms. The van der Waals surface area contributed by atoms with Crippen LogP contribution in [-0.4, -0.2) is 10.8 Å². The van der Waals surface area contributed by atoms with Crippen molar-refractivity contribution in [1.29, 1.82) is 0 Å². The van der Waals surface area contributed by atoms with E-state index in [2.05, 4.69) is 11.6 Å².